The third kappa shape index (κ3) is 2.57. The molecule has 0 aliphatic heterocycles. The van der Waals surface area contributed by atoms with Gasteiger partial charge in [-0.25, -0.2) is 4.79 Å². The van der Waals surface area contributed by atoms with Gasteiger partial charge in [0.15, 0.2) is 0 Å². The molecule has 1 aromatic rings. The fourth-order valence-corrected chi connectivity index (χ4v) is 1.05. The van der Waals surface area contributed by atoms with E-state index in [2.05, 4.69) is 12.6 Å². The van der Waals surface area contributed by atoms with Gasteiger partial charge in [-0.1, -0.05) is 0 Å². The molecule has 0 saturated carbocycles. The van der Waals surface area contributed by atoms with E-state index in [9.17, 15) is 4.79 Å². The fraction of sp³-hybridized carbons (Fsp3) is 0. The van der Waals surface area contributed by atoms with Crippen LogP contribution in [0.3, 0.4) is 0 Å². The number of hydrogen-bond donors (Lipinski definition) is 3. The van der Waals surface area contributed by atoms with Gasteiger partial charge in [0.05, 0.1) is 5.56 Å². The number of carboxylic acid groups (broad SMARTS) is 1. The summed E-state index contributed by atoms with van der Waals surface area (Å²) in [7, 11) is 0. The van der Waals surface area contributed by atoms with E-state index in [4.69, 9.17) is 10.8 Å². The molecule has 0 saturated heterocycles. The van der Waals surface area contributed by atoms with Crippen LogP contribution in [0.15, 0.2) is 23.1 Å². The molecule has 3 nitrogen and oxygen atoms in total. The molecular weight excluding hydrogens is 359 g/mol. The smallest absolute Gasteiger partial charge is 0.336 e. The van der Waals surface area contributed by atoms with Crippen LogP contribution in [-0.2, 0) is 22.4 Å². The van der Waals surface area contributed by atoms with Gasteiger partial charge in [0, 0.05) is 33.0 Å². The summed E-state index contributed by atoms with van der Waals surface area (Å²) in [6.45, 7) is 0. The summed E-state index contributed by atoms with van der Waals surface area (Å²) < 4.78 is 0. The summed E-state index contributed by atoms with van der Waals surface area (Å²) >= 11 is 3.95. The number of anilines is 1. The molecule has 0 aliphatic rings. The molecule has 0 aliphatic carbocycles. The van der Waals surface area contributed by atoms with Crippen LogP contribution in [0, 0.1) is 0 Å². The zero-order valence-corrected chi connectivity index (χ0v) is 8.97. The van der Waals surface area contributed by atoms with E-state index in [1.54, 1.807) is 0 Å². The Morgan fingerprint density at radius 2 is 2.08 bits per heavy atom. The Bertz CT molecular complexity index is 303. The predicted molar refractivity (Wildman–Crippen MR) is 45.1 cm³/mol. The average molecular weight is 366 g/mol. The van der Waals surface area contributed by atoms with E-state index in [0.29, 0.717) is 10.6 Å². The Morgan fingerprint density at radius 1 is 1.50 bits per heavy atom. The van der Waals surface area contributed by atoms with Crippen LogP contribution in [0.25, 0.3) is 0 Å². The van der Waals surface area contributed by atoms with Crippen LogP contribution in [0.1, 0.15) is 10.4 Å². The van der Waals surface area contributed by atoms with Gasteiger partial charge in [0.2, 0.25) is 0 Å². The molecule has 0 unspecified atom stereocenters. The van der Waals surface area contributed by atoms with Gasteiger partial charge in [-0.05, 0) is 18.2 Å². The van der Waals surface area contributed by atoms with Gasteiger partial charge in [-0.2, -0.15) is 0 Å². The molecule has 0 bridgehead atoms. The molecule has 0 heterocycles. The first-order valence-electron chi connectivity index (χ1n) is 2.93. The third-order valence-corrected chi connectivity index (χ3v) is 1.62. The number of carboxylic acids is 1. The maximum Gasteiger partial charge on any atom is 0.336 e. The Balaban J connectivity index is 0.00000121. The van der Waals surface area contributed by atoms with Crippen LogP contribution >= 0.6 is 12.6 Å². The van der Waals surface area contributed by atoms with Crippen LogP contribution in [0.5, 0.6) is 0 Å². The zero-order valence-electron chi connectivity index (χ0n) is 5.91. The molecule has 1 rings (SSSR count). The van der Waals surface area contributed by atoms with Crippen LogP contribution in [0.2, 0.25) is 0 Å². The minimum Gasteiger partial charge on any atom is -0.478 e. The standard InChI is InChI=1S/C7H7NO2S.Au/c8-4-1-2-5(7(9)10)6(11)3-4;/h1-3,11H,8H2,(H,9,10);. The quantitative estimate of drug-likeness (QED) is 0.398. The van der Waals surface area contributed by atoms with Crippen molar-refractivity contribution < 1.29 is 32.3 Å². The molecule has 0 aromatic heterocycles. The first-order valence-corrected chi connectivity index (χ1v) is 3.38. The normalized spacial score (nSPS) is 8.75. The molecule has 5 heteroatoms. The molecule has 1 radical (unpaired) electrons. The Kier molecular flexibility index (Phi) is 4.41. The summed E-state index contributed by atoms with van der Waals surface area (Å²) in [6.07, 6.45) is 0. The first-order chi connectivity index (χ1) is 5.11. The van der Waals surface area contributed by atoms with Crippen molar-refractivity contribution in [2.24, 2.45) is 0 Å². The molecule has 0 fully saturated rings. The van der Waals surface area contributed by atoms with Crippen molar-refractivity contribution in [3.05, 3.63) is 23.8 Å². The minimum absolute atomic E-state index is 0. The summed E-state index contributed by atoms with van der Waals surface area (Å²) in [5.41, 5.74) is 6.07. The molecule has 0 atom stereocenters. The molecule has 69 valence electrons. The number of nitrogens with two attached hydrogens (primary N) is 1. The zero-order chi connectivity index (χ0) is 8.43. The SMILES string of the molecule is Nc1ccc(C(=O)O)c(S)c1.[Au]. The number of rotatable bonds is 1. The van der Waals surface area contributed by atoms with Gasteiger partial charge >= 0.3 is 5.97 Å². The van der Waals surface area contributed by atoms with Gasteiger partial charge in [0.25, 0.3) is 0 Å². The summed E-state index contributed by atoms with van der Waals surface area (Å²) in [6, 6.07) is 4.47. The van der Waals surface area contributed by atoms with Crippen molar-refractivity contribution in [3.63, 3.8) is 0 Å². The van der Waals surface area contributed by atoms with Crippen LogP contribution in [0.4, 0.5) is 5.69 Å². The van der Waals surface area contributed by atoms with E-state index in [1.165, 1.54) is 18.2 Å². The minimum atomic E-state index is -0.991. The topological polar surface area (TPSA) is 63.3 Å². The number of thiol groups is 1. The maximum absolute atomic E-state index is 10.4. The Hall–Kier alpha value is -0.420. The van der Waals surface area contributed by atoms with Crippen molar-refractivity contribution in [2.75, 3.05) is 5.73 Å². The van der Waals surface area contributed by atoms with Gasteiger partial charge in [-0.15, -0.1) is 12.6 Å². The van der Waals surface area contributed by atoms with Crippen LogP contribution < -0.4 is 5.73 Å². The van der Waals surface area contributed by atoms with E-state index in [1.807, 2.05) is 0 Å². The Labute approximate surface area is 90.9 Å². The first kappa shape index (κ1) is 11.6. The molecular formula is C7H7AuNO2S. The van der Waals surface area contributed by atoms with Gasteiger partial charge in [0.1, 0.15) is 0 Å². The summed E-state index contributed by atoms with van der Waals surface area (Å²) in [5, 5.41) is 8.57. The van der Waals surface area contributed by atoms with E-state index < -0.39 is 5.97 Å². The third-order valence-electron chi connectivity index (χ3n) is 1.25. The van der Waals surface area contributed by atoms with Crippen molar-refractivity contribution in [1.82, 2.24) is 0 Å². The second-order valence-electron chi connectivity index (χ2n) is 2.08. The number of hydrogen-bond acceptors (Lipinski definition) is 3. The molecule has 0 amide bonds. The average Bonchev–Trinajstić information content (AvgIpc) is 1.85. The van der Waals surface area contributed by atoms with E-state index in [0.717, 1.165) is 0 Å². The second kappa shape index (κ2) is 4.57. The number of nitrogen functional groups attached to an aromatic ring is 1. The van der Waals surface area contributed by atoms with E-state index >= 15 is 0 Å². The largest absolute Gasteiger partial charge is 0.478 e. The maximum atomic E-state index is 10.4. The van der Waals surface area contributed by atoms with Gasteiger partial charge < -0.3 is 10.8 Å². The Morgan fingerprint density at radius 3 is 2.50 bits per heavy atom. The van der Waals surface area contributed by atoms with E-state index in [-0.39, 0.29) is 27.9 Å². The van der Waals surface area contributed by atoms with Gasteiger partial charge in [-0.3, -0.25) is 0 Å². The number of carbonyl (C=O) groups is 1. The van der Waals surface area contributed by atoms with Crippen LogP contribution in [-0.4, -0.2) is 11.1 Å². The number of benzene rings is 1. The summed E-state index contributed by atoms with van der Waals surface area (Å²) in [4.78, 5) is 10.8. The number of aromatic carboxylic acids is 1. The second-order valence-corrected chi connectivity index (χ2v) is 2.56. The molecule has 1 aromatic carbocycles. The molecule has 0 spiro atoms. The molecule has 3 N–H and O–H groups in total. The summed E-state index contributed by atoms with van der Waals surface area (Å²) in [5.74, 6) is -0.991. The van der Waals surface area contributed by atoms with Crippen molar-refractivity contribution >= 4 is 24.3 Å². The molecule has 12 heavy (non-hydrogen) atoms. The van der Waals surface area contributed by atoms with Crippen molar-refractivity contribution in [3.8, 4) is 0 Å². The van der Waals surface area contributed by atoms with Crippen molar-refractivity contribution in [1.29, 1.82) is 0 Å². The van der Waals surface area contributed by atoms with Crippen molar-refractivity contribution in [2.45, 2.75) is 4.90 Å². The predicted octanol–water partition coefficient (Wildman–Crippen LogP) is 1.25. The fourth-order valence-electron chi connectivity index (χ4n) is 0.730. The monoisotopic (exact) mass is 366 g/mol.